The lowest BCUT2D eigenvalue weighted by atomic mass is 9.90. The molecule has 0 spiro atoms. The first-order valence-corrected chi connectivity index (χ1v) is 9.52. The minimum absolute atomic E-state index is 0.0396. The van der Waals surface area contributed by atoms with Crippen LogP contribution in [0.15, 0.2) is 18.2 Å². The van der Waals surface area contributed by atoms with Gasteiger partial charge in [0.25, 0.3) is 0 Å². The van der Waals surface area contributed by atoms with Crippen LogP contribution in [0.1, 0.15) is 26.3 Å². The molecule has 1 N–H and O–H groups in total. The molecular weight excluding hydrogens is 439 g/mol. The molecule has 1 aliphatic heterocycles. The third-order valence-corrected chi connectivity index (χ3v) is 4.73. The number of hydrogen-bond donors (Lipinski definition) is 1. The van der Waals surface area contributed by atoms with Gasteiger partial charge in [0.2, 0.25) is 12.4 Å². The molecule has 0 amide bonds. The van der Waals surface area contributed by atoms with Crippen molar-refractivity contribution in [1.29, 1.82) is 0 Å². The molecule has 5 atom stereocenters. The normalized spacial score (nSPS) is 25.4. The summed E-state index contributed by atoms with van der Waals surface area (Å²) < 4.78 is 65.8. The second-order valence-corrected chi connectivity index (χ2v) is 7.03. The number of ether oxygens (including phenoxy) is 5. The van der Waals surface area contributed by atoms with Gasteiger partial charge in [-0.3, -0.25) is 9.59 Å². The Kier molecular flexibility index (Phi) is 7.94. The largest absolute Gasteiger partial charge is 0.467 e. The van der Waals surface area contributed by atoms with Crippen LogP contribution in [0, 0.1) is 5.92 Å². The van der Waals surface area contributed by atoms with Crippen molar-refractivity contribution in [3.8, 4) is 5.75 Å². The predicted octanol–water partition coefficient (Wildman–Crippen LogP) is 2.52. The summed E-state index contributed by atoms with van der Waals surface area (Å²) in [5, 5.41) is 2.59. The zero-order valence-electron chi connectivity index (χ0n) is 18.0. The Bertz CT molecular complexity index is 860. The van der Waals surface area contributed by atoms with E-state index >= 15 is 0 Å². The average Bonchev–Trinajstić information content (AvgIpc) is 2.70. The van der Waals surface area contributed by atoms with E-state index in [1.807, 2.05) is 0 Å². The quantitative estimate of drug-likeness (QED) is 0.503. The van der Waals surface area contributed by atoms with Gasteiger partial charge in [-0.25, -0.2) is 4.79 Å². The van der Waals surface area contributed by atoms with Crippen LogP contribution in [-0.4, -0.2) is 56.7 Å². The maximum atomic E-state index is 13.0. The van der Waals surface area contributed by atoms with Gasteiger partial charge < -0.3 is 29.0 Å². The zero-order valence-corrected chi connectivity index (χ0v) is 18.0. The fourth-order valence-electron chi connectivity index (χ4n) is 3.26. The van der Waals surface area contributed by atoms with Gasteiger partial charge in [-0.05, 0) is 18.2 Å². The Hall–Kier alpha value is -3.02. The van der Waals surface area contributed by atoms with E-state index in [-0.39, 0.29) is 11.4 Å². The summed E-state index contributed by atoms with van der Waals surface area (Å²) in [6.45, 7) is 3.76. The molecule has 1 heterocycles. The minimum Gasteiger partial charge on any atom is -0.467 e. The molecule has 9 nitrogen and oxygen atoms in total. The van der Waals surface area contributed by atoms with E-state index in [1.54, 1.807) is 0 Å². The molecule has 12 heteroatoms. The molecule has 0 unspecified atom stereocenters. The lowest BCUT2D eigenvalue weighted by Crippen LogP contribution is -2.60. The van der Waals surface area contributed by atoms with Crippen LogP contribution in [0.4, 0.5) is 18.9 Å². The Morgan fingerprint density at radius 2 is 1.66 bits per heavy atom. The van der Waals surface area contributed by atoms with E-state index in [9.17, 15) is 27.6 Å². The van der Waals surface area contributed by atoms with E-state index in [2.05, 4.69) is 5.32 Å². The van der Waals surface area contributed by atoms with E-state index in [0.29, 0.717) is 0 Å². The first kappa shape index (κ1) is 25.2. The van der Waals surface area contributed by atoms with Crippen molar-refractivity contribution in [2.24, 2.45) is 5.92 Å². The monoisotopic (exact) mass is 463 g/mol. The number of benzene rings is 1. The number of carbonyl (C=O) groups excluding carboxylic acids is 3. The van der Waals surface area contributed by atoms with Gasteiger partial charge in [0.1, 0.15) is 5.75 Å². The second kappa shape index (κ2) is 10.1. The third kappa shape index (κ3) is 5.81. The Morgan fingerprint density at radius 1 is 1.06 bits per heavy atom. The number of esters is 3. The van der Waals surface area contributed by atoms with Crippen molar-refractivity contribution >= 4 is 23.6 Å². The maximum absolute atomic E-state index is 13.0. The molecular formula is C20H24F3NO8. The van der Waals surface area contributed by atoms with Crippen molar-refractivity contribution in [3.05, 3.63) is 23.8 Å². The van der Waals surface area contributed by atoms with E-state index in [0.717, 1.165) is 39.2 Å². The molecule has 0 aromatic heterocycles. The molecule has 1 aromatic rings. The Labute approximate surface area is 182 Å². The van der Waals surface area contributed by atoms with Gasteiger partial charge in [-0.15, -0.1) is 0 Å². The standard InChI is InChI=1S/C20H24F3NO8/c1-9-15(29-10(2)25)17(30-11(3)26)19(32-16(9)18(27)28-5)31-14-7-6-12(20(21,22)23)8-13(14)24-4/h6-9,15-17,19,24H,1-5H3/t9-,15-,16-,17+,19+/m0/s1. The van der Waals surface area contributed by atoms with E-state index < -0.39 is 60.2 Å². The fourth-order valence-corrected chi connectivity index (χ4v) is 3.26. The SMILES string of the molecule is CNc1cc(C(F)(F)F)ccc1O[C@@H]1O[C@H](C(=O)OC)[C@@H](C)[C@H](OC(C)=O)[C@H]1OC(C)=O. The molecule has 1 saturated heterocycles. The number of nitrogens with one attached hydrogen (secondary N) is 1. The van der Waals surface area contributed by atoms with Crippen LogP contribution in [0.5, 0.6) is 5.75 Å². The molecule has 178 valence electrons. The third-order valence-electron chi connectivity index (χ3n) is 4.73. The van der Waals surface area contributed by atoms with Crippen molar-refractivity contribution in [3.63, 3.8) is 0 Å². The van der Waals surface area contributed by atoms with Gasteiger partial charge in [-0.2, -0.15) is 13.2 Å². The van der Waals surface area contributed by atoms with Crippen LogP contribution >= 0.6 is 0 Å². The van der Waals surface area contributed by atoms with Gasteiger partial charge in [0, 0.05) is 26.8 Å². The van der Waals surface area contributed by atoms with Crippen LogP contribution in [0.2, 0.25) is 0 Å². The topological polar surface area (TPSA) is 109 Å². The van der Waals surface area contributed by atoms with Gasteiger partial charge in [-0.1, -0.05) is 6.92 Å². The molecule has 0 radical (unpaired) electrons. The summed E-state index contributed by atoms with van der Waals surface area (Å²) in [5.41, 5.74) is -0.962. The zero-order chi connectivity index (χ0) is 24.2. The minimum atomic E-state index is -4.59. The van der Waals surface area contributed by atoms with Crippen LogP contribution in [-0.2, 0) is 39.5 Å². The summed E-state index contributed by atoms with van der Waals surface area (Å²) >= 11 is 0. The smallest absolute Gasteiger partial charge is 0.416 e. The first-order chi connectivity index (χ1) is 14.9. The number of alkyl halides is 3. The number of methoxy groups -OCH3 is 1. The van der Waals surface area contributed by atoms with Crippen molar-refractivity contribution in [1.82, 2.24) is 0 Å². The lowest BCUT2D eigenvalue weighted by Gasteiger charge is -2.42. The highest BCUT2D eigenvalue weighted by atomic mass is 19.4. The fraction of sp³-hybridized carbons (Fsp3) is 0.550. The molecule has 32 heavy (non-hydrogen) atoms. The molecule has 1 fully saturated rings. The summed E-state index contributed by atoms with van der Waals surface area (Å²) in [6, 6.07) is 2.67. The van der Waals surface area contributed by atoms with Crippen LogP contribution in [0.25, 0.3) is 0 Å². The van der Waals surface area contributed by atoms with E-state index in [1.165, 1.54) is 14.0 Å². The van der Waals surface area contributed by atoms with Gasteiger partial charge >= 0.3 is 24.1 Å². The van der Waals surface area contributed by atoms with E-state index in [4.69, 9.17) is 23.7 Å². The summed E-state index contributed by atoms with van der Waals surface area (Å²) in [4.78, 5) is 35.6. The highest BCUT2D eigenvalue weighted by Crippen LogP contribution is 2.38. The molecule has 1 aliphatic rings. The van der Waals surface area contributed by atoms with Crippen molar-refractivity contribution in [2.45, 2.75) is 51.5 Å². The molecule has 2 rings (SSSR count). The Balaban J connectivity index is 2.47. The highest BCUT2D eigenvalue weighted by Gasteiger charge is 2.52. The number of rotatable bonds is 6. The number of halogens is 3. The molecule has 0 saturated carbocycles. The average molecular weight is 463 g/mol. The van der Waals surface area contributed by atoms with Gasteiger partial charge in [0.15, 0.2) is 12.2 Å². The first-order valence-electron chi connectivity index (χ1n) is 9.52. The van der Waals surface area contributed by atoms with Crippen molar-refractivity contribution < 1.29 is 51.2 Å². The summed E-state index contributed by atoms with van der Waals surface area (Å²) in [7, 11) is 2.51. The Morgan fingerprint density at radius 3 is 2.16 bits per heavy atom. The molecule has 0 bridgehead atoms. The van der Waals surface area contributed by atoms with Crippen LogP contribution in [0.3, 0.4) is 0 Å². The summed E-state index contributed by atoms with van der Waals surface area (Å²) in [5.74, 6) is -3.15. The molecule has 1 aromatic carbocycles. The number of anilines is 1. The van der Waals surface area contributed by atoms with Crippen LogP contribution < -0.4 is 10.1 Å². The lowest BCUT2D eigenvalue weighted by molar-refractivity contribution is -0.266. The number of hydrogen-bond acceptors (Lipinski definition) is 9. The number of carbonyl (C=O) groups is 3. The second-order valence-electron chi connectivity index (χ2n) is 7.03. The summed E-state index contributed by atoms with van der Waals surface area (Å²) in [6.07, 6.45) is -9.84. The highest BCUT2D eigenvalue weighted by molar-refractivity contribution is 5.75. The van der Waals surface area contributed by atoms with Crippen molar-refractivity contribution in [2.75, 3.05) is 19.5 Å². The molecule has 0 aliphatic carbocycles. The predicted molar refractivity (Wildman–Crippen MR) is 103 cm³/mol. The maximum Gasteiger partial charge on any atom is 0.416 e. The van der Waals surface area contributed by atoms with Gasteiger partial charge in [0.05, 0.1) is 18.4 Å².